The summed E-state index contributed by atoms with van der Waals surface area (Å²) >= 11 is 1.58. The van der Waals surface area contributed by atoms with Crippen molar-refractivity contribution in [1.29, 1.82) is 0 Å². The molecule has 6 nitrogen and oxygen atoms in total. The molecule has 1 aromatic heterocycles. The molecule has 0 atom stereocenters. The molecule has 156 valence electrons. The Balaban J connectivity index is 1.74. The molecule has 0 aliphatic rings. The summed E-state index contributed by atoms with van der Waals surface area (Å²) in [5.74, 6) is 0.364. The van der Waals surface area contributed by atoms with E-state index in [0.717, 1.165) is 11.3 Å². The van der Waals surface area contributed by atoms with Gasteiger partial charge < -0.3 is 15.0 Å². The van der Waals surface area contributed by atoms with Gasteiger partial charge in [-0.25, -0.2) is 4.98 Å². The molecular formula is C23H25N3O3S. The second-order valence-electron chi connectivity index (χ2n) is 6.59. The van der Waals surface area contributed by atoms with Crippen LogP contribution in [0.25, 0.3) is 0 Å². The number of hydrogen-bond donors (Lipinski definition) is 2. The van der Waals surface area contributed by atoms with Crippen LogP contribution in [0.15, 0.2) is 70.4 Å². The number of thioether (sulfide) groups is 1. The molecule has 2 N–H and O–H groups in total. The van der Waals surface area contributed by atoms with E-state index in [-0.39, 0.29) is 23.8 Å². The fraction of sp³-hybridized carbons (Fsp3) is 0.261. The van der Waals surface area contributed by atoms with Crippen LogP contribution in [-0.2, 0) is 28.1 Å². The summed E-state index contributed by atoms with van der Waals surface area (Å²) < 4.78 is 5.07. The van der Waals surface area contributed by atoms with Crippen LogP contribution in [0.1, 0.15) is 23.9 Å². The number of H-pyrrole nitrogens is 1. The number of rotatable bonds is 10. The zero-order chi connectivity index (χ0) is 21.2. The SMILES string of the molecule is CCOC(=O)Cc1nc(NCCc2ccccc2)c(=O)[nH]c1CSc1ccccc1. The minimum absolute atomic E-state index is 0.0165. The third-order valence-corrected chi connectivity index (χ3v) is 5.41. The van der Waals surface area contributed by atoms with Gasteiger partial charge in [0.2, 0.25) is 0 Å². The van der Waals surface area contributed by atoms with Gasteiger partial charge in [0, 0.05) is 17.2 Å². The number of hydrogen-bond acceptors (Lipinski definition) is 6. The first-order valence-corrected chi connectivity index (χ1v) is 10.9. The number of anilines is 1. The molecule has 0 fully saturated rings. The summed E-state index contributed by atoms with van der Waals surface area (Å²) in [6, 6.07) is 19.9. The zero-order valence-corrected chi connectivity index (χ0v) is 17.7. The van der Waals surface area contributed by atoms with E-state index >= 15 is 0 Å². The highest BCUT2D eigenvalue weighted by Gasteiger charge is 2.15. The first-order valence-electron chi connectivity index (χ1n) is 9.89. The van der Waals surface area contributed by atoms with Crippen LogP contribution in [0.4, 0.5) is 5.82 Å². The summed E-state index contributed by atoms with van der Waals surface area (Å²) in [7, 11) is 0. The molecule has 0 spiro atoms. The second-order valence-corrected chi connectivity index (χ2v) is 7.63. The molecule has 0 bridgehead atoms. The highest BCUT2D eigenvalue weighted by atomic mass is 32.2. The van der Waals surface area contributed by atoms with E-state index in [9.17, 15) is 9.59 Å². The van der Waals surface area contributed by atoms with E-state index < -0.39 is 0 Å². The monoisotopic (exact) mass is 423 g/mol. The largest absolute Gasteiger partial charge is 0.466 e. The van der Waals surface area contributed by atoms with E-state index in [1.807, 2.05) is 60.7 Å². The summed E-state index contributed by atoms with van der Waals surface area (Å²) in [6.07, 6.45) is 0.781. The third kappa shape index (κ3) is 6.49. The zero-order valence-electron chi connectivity index (χ0n) is 16.9. The van der Waals surface area contributed by atoms with E-state index in [2.05, 4.69) is 15.3 Å². The summed E-state index contributed by atoms with van der Waals surface area (Å²) in [4.78, 5) is 33.0. The van der Waals surface area contributed by atoms with Gasteiger partial charge in [0.05, 0.1) is 24.4 Å². The Morgan fingerprint density at radius 2 is 1.80 bits per heavy atom. The number of aromatic nitrogens is 2. The first-order chi connectivity index (χ1) is 14.7. The van der Waals surface area contributed by atoms with E-state index in [1.54, 1.807) is 18.7 Å². The average Bonchev–Trinajstić information content (AvgIpc) is 2.76. The van der Waals surface area contributed by atoms with E-state index in [0.29, 0.717) is 30.3 Å². The number of aromatic amines is 1. The van der Waals surface area contributed by atoms with Crippen LogP contribution in [0.2, 0.25) is 0 Å². The number of esters is 1. The molecule has 7 heteroatoms. The number of ether oxygens (including phenoxy) is 1. The molecule has 2 aromatic carbocycles. The highest BCUT2D eigenvalue weighted by Crippen LogP contribution is 2.22. The van der Waals surface area contributed by atoms with Gasteiger partial charge in [-0.2, -0.15) is 0 Å². The number of nitrogens with zero attached hydrogens (tertiary/aromatic N) is 1. The van der Waals surface area contributed by atoms with Crippen LogP contribution >= 0.6 is 11.8 Å². The van der Waals surface area contributed by atoms with Crippen molar-refractivity contribution in [2.45, 2.75) is 30.4 Å². The Morgan fingerprint density at radius 3 is 2.50 bits per heavy atom. The van der Waals surface area contributed by atoms with Gasteiger partial charge in [-0.05, 0) is 31.0 Å². The molecule has 0 amide bonds. The van der Waals surface area contributed by atoms with Crippen molar-refractivity contribution in [2.24, 2.45) is 0 Å². The van der Waals surface area contributed by atoms with Crippen molar-refractivity contribution in [3.63, 3.8) is 0 Å². The second kappa shape index (κ2) is 11.2. The van der Waals surface area contributed by atoms with Gasteiger partial charge in [-0.3, -0.25) is 9.59 Å². The lowest BCUT2D eigenvalue weighted by Crippen LogP contribution is -2.23. The molecular weight excluding hydrogens is 398 g/mol. The topological polar surface area (TPSA) is 84.1 Å². The quantitative estimate of drug-likeness (QED) is 0.381. The van der Waals surface area contributed by atoms with Gasteiger partial charge in [0.1, 0.15) is 0 Å². The maximum absolute atomic E-state index is 12.6. The lowest BCUT2D eigenvalue weighted by atomic mass is 10.1. The van der Waals surface area contributed by atoms with Gasteiger partial charge >= 0.3 is 5.97 Å². The number of carbonyl (C=O) groups is 1. The molecule has 0 radical (unpaired) electrons. The maximum atomic E-state index is 12.6. The van der Waals surface area contributed by atoms with Gasteiger partial charge in [0.25, 0.3) is 5.56 Å². The number of nitrogens with one attached hydrogen (secondary N) is 2. The highest BCUT2D eigenvalue weighted by molar-refractivity contribution is 7.98. The van der Waals surface area contributed by atoms with E-state index in [4.69, 9.17) is 4.74 Å². The third-order valence-electron chi connectivity index (χ3n) is 4.37. The van der Waals surface area contributed by atoms with Gasteiger partial charge in [0.15, 0.2) is 5.82 Å². The van der Waals surface area contributed by atoms with Gasteiger partial charge in [-0.1, -0.05) is 48.5 Å². The van der Waals surface area contributed by atoms with E-state index in [1.165, 1.54) is 5.56 Å². The minimum atomic E-state index is -0.363. The Morgan fingerprint density at radius 1 is 1.10 bits per heavy atom. The van der Waals surface area contributed by atoms with Crippen molar-refractivity contribution >= 4 is 23.5 Å². The molecule has 0 aliphatic carbocycles. The van der Waals surface area contributed by atoms with Crippen molar-refractivity contribution < 1.29 is 9.53 Å². The normalized spacial score (nSPS) is 10.6. The molecule has 3 rings (SSSR count). The smallest absolute Gasteiger partial charge is 0.311 e. The fourth-order valence-electron chi connectivity index (χ4n) is 2.90. The van der Waals surface area contributed by atoms with Crippen molar-refractivity contribution in [2.75, 3.05) is 18.5 Å². The first kappa shape index (κ1) is 21.6. The van der Waals surface area contributed by atoms with Crippen molar-refractivity contribution in [1.82, 2.24) is 9.97 Å². The lowest BCUT2D eigenvalue weighted by Gasteiger charge is -2.12. The molecule has 0 saturated heterocycles. The van der Waals surface area contributed by atoms with Crippen LogP contribution in [0.5, 0.6) is 0 Å². The standard InChI is InChI=1S/C23H25N3O3S/c1-2-29-21(27)15-19-20(16-30-18-11-7-4-8-12-18)26-23(28)22(25-19)24-14-13-17-9-5-3-6-10-17/h3-12H,2,13-16H2,1H3,(H,24,25)(H,26,28). The van der Waals surface area contributed by atoms with Crippen LogP contribution < -0.4 is 10.9 Å². The van der Waals surface area contributed by atoms with Crippen molar-refractivity contribution in [3.05, 3.63) is 88.0 Å². The molecule has 0 aliphatic heterocycles. The number of carbonyl (C=O) groups excluding carboxylic acids is 1. The summed E-state index contributed by atoms with van der Waals surface area (Å²) in [5.41, 5.74) is 2.04. The fourth-order valence-corrected chi connectivity index (χ4v) is 3.80. The number of benzene rings is 2. The Hall–Kier alpha value is -3.06. The van der Waals surface area contributed by atoms with Gasteiger partial charge in [-0.15, -0.1) is 11.8 Å². The predicted molar refractivity (Wildman–Crippen MR) is 120 cm³/mol. The Kier molecular flexibility index (Phi) is 8.09. The average molecular weight is 424 g/mol. The molecule has 30 heavy (non-hydrogen) atoms. The molecule has 0 saturated carbocycles. The van der Waals surface area contributed by atoms with Crippen molar-refractivity contribution in [3.8, 4) is 0 Å². The molecule has 3 aromatic rings. The summed E-state index contributed by atoms with van der Waals surface area (Å²) in [6.45, 7) is 2.64. The minimum Gasteiger partial charge on any atom is -0.466 e. The maximum Gasteiger partial charge on any atom is 0.311 e. The predicted octanol–water partition coefficient (Wildman–Crippen LogP) is 3.82. The van der Waals surface area contributed by atoms with Crippen LogP contribution in [0.3, 0.4) is 0 Å². The van der Waals surface area contributed by atoms with Crippen LogP contribution in [-0.4, -0.2) is 29.1 Å². The Bertz CT molecular complexity index is 1010. The molecule has 1 heterocycles. The summed E-state index contributed by atoms with van der Waals surface area (Å²) in [5, 5.41) is 3.09. The Labute approximate surface area is 180 Å². The lowest BCUT2D eigenvalue weighted by molar-refractivity contribution is -0.142. The molecule has 0 unspecified atom stereocenters. The van der Waals surface area contributed by atoms with Crippen LogP contribution in [0, 0.1) is 0 Å².